The average molecular weight is 348 g/mol. The summed E-state index contributed by atoms with van der Waals surface area (Å²) in [4.78, 5) is 23.8. The number of carbonyl (C=O) groups is 2. The van der Waals surface area contributed by atoms with Crippen LogP contribution in [-0.4, -0.2) is 18.0 Å². The third-order valence-electron chi connectivity index (χ3n) is 4.15. The van der Waals surface area contributed by atoms with Crippen molar-refractivity contribution in [3.05, 3.63) is 83.9 Å². The summed E-state index contributed by atoms with van der Waals surface area (Å²) in [7, 11) is 0. The number of carbonyl (C=O) groups excluding carboxylic acids is 2. The van der Waals surface area contributed by atoms with E-state index in [4.69, 9.17) is 10.5 Å². The zero-order valence-electron chi connectivity index (χ0n) is 14.2. The Hall–Kier alpha value is -3.34. The molecule has 132 valence electrons. The third-order valence-corrected chi connectivity index (χ3v) is 4.15. The molecule has 3 N–H and O–H groups in total. The van der Waals surface area contributed by atoms with E-state index >= 15 is 0 Å². The van der Waals surface area contributed by atoms with Gasteiger partial charge in [0, 0.05) is 6.42 Å². The highest BCUT2D eigenvalue weighted by Crippen LogP contribution is 2.19. The number of alkyl carbamates (subject to hydrolysis) is 1. The molecule has 0 saturated carbocycles. The zero-order valence-corrected chi connectivity index (χ0v) is 14.2. The fourth-order valence-corrected chi connectivity index (χ4v) is 2.82. The minimum absolute atomic E-state index is 0.131. The van der Waals surface area contributed by atoms with Crippen molar-refractivity contribution in [1.29, 1.82) is 0 Å². The van der Waals surface area contributed by atoms with Crippen molar-refractivity contribution in [3.63, 3.8) is 0 Å². The van der Waals surface area contributed by atoms with Gasteiger partial charge in [0.15, 0.2) is 0 Å². The number of hydrogen-bond donors (Lipinski definition) is 2. The van der Waals surface area contributed by atoms with Gasteiger partial charge < -0.3 is 15.8 Å². The molecule has 0 spiro atoms. The van der Waals surface area contributed by atoms with Crippen LogP contribution in [0.25, 0.3) is 10.8 Å². The standard InChI is InChI=1S/C21H20N2O3/c22-20(24)19(23-21(25)26-14-15-7-2-1-3-8-15)13-17-11-6-10-16-9-4-5-12-18(16)17/h1-12,19H,13-14H2,(H2,22,24)(H,23,25)/t19-/m0/s1. The first kappa shape index (κ1) is 17.5. The molecular formula is C21H20N2O3. The van der Waals surface area contributed by atoms with Crippen LogP contribution in [-0.2, 0) is 22.6 Å². The summed E-state index contributed by atoms with van der Waals surface area (Å²) < 4.78 is 5.18. The number of primary amides is 1. The van der Waals surface area contributed by atoms with E-state index in [-0.39, 0.29) is 6.61 Å². The largest absolute Gasteiger partial charge is 0.445 e. The first-order valence-electron chi connectivity index (χ1n) is 8.36. The highest BCUT2D eigenvalue weighted by Gasteiger charge is 2.20. The molecule has 26 heavy (non-hydrogen) atoms. The second kappa shape index (κ2) is 8.16. The maximum absolute atomic E-state index is 12.0. The Bertz CT molecular complexity index is 904. The normalized spacial score (nSPS) is 11.7. The van der Waals surface area contributed by atoms with E-state index in [2.05, 4.69) is 5.32 Å². The van der Waals surface area contributed by atoms with Crippen LogP contribution in [0.3, 0.4) is 0 Å². The Balaban J connectivity index is 1.67. The highest BCUT2D eigenvalue weighted by atomic mass is 16.5. The molecule has 5 nitrogen and oxygen atoms in total. The van der Waals surface area contributed by atoms with Crippen molar-refractivity contribution in [2.24, 2.45) is 5.73 Å². The summed E-state index contributed by atoms with van der Waals surface area (Å²) >= 11 is 0. The fraction of sp³-hybridized carbons (Fsp3) is 0.143. The molecule has 3 rings (SSSR count). The maximum atomic E-state index is 12.0. The number of nitrogens with one attached hydrogen (secondary N) is 1. The van der Waals surface area contributed by atoms with Gasteiger partial charge in [0.05, 0.1) is 0 Å². The SMILES string of the molecule is NC(=O)[C@H](Cc1cccc2ccccc12)NC(=O)OCc1ccccc1. The summed E-state index contributed by atoms with van der Waals surface area (Å²) in [5.74, 6) is -0.602. The van der Waals surface area contributed by atoms with E-state index in [1.807, 2.05) is 72.8 Å². The quantitative estimate of drug-likeness (QED) is 0.718. The van der Waals surface area contributed by atoms with Gasteiger partial charge in [-0.05, 0) is 21.9 Å². The third kappa shape index (κ3) is 4.39. The van der Waals surface area contributed by atoms with Crippen molar-refractivity contribution < 1.29 is 14.3 Å². The van der Waals surface area contributed by atoms with Crippen LogP contribution >= 0.6 is 0 Å². The Morgan fingerprint density at radius 3 is 2.38 bits per heavy atom. The molecule has 0 fully saturated rings. The predicted octanol–water partition coefficient (Wildman–Crippen LogP) is 3.16. The summed E-state index contributed by atoms with van der Waals surface area (Å²) in [6.07, 6.45) is -0.366. The summed E-state index contributed by atoms with van der Waals surface area (Å²) in [5, 5.41) is 4.66. The second-order valence-corrected chi connectivity index (χ2v) is 6.00. The fourth-order valence-electron chi connectivity index (χ4n) is 2.82. The summed E-state index contributed by atoms with van der Waals surface area (Å²) in [5.41, 5.74) is 7.28. The lowest BCUT2D eigenvalue weighted by molar-refractivity contribution is -0.119. The Kier molecular flexibility index (Phi) is 5.49. The van der Waals surface area contributed by atoms with Crippen LogP contribution < -0.4 is 11.1 Å². The number of nitrogens with two attached hydrogens (primary N) is 1. The van der Waals surface area contributed by atoms with Crippen LogP contribution in [0.2, 0.25) is 0 Å². The highest BCUT2D eigenvalue weighted by molar-refractivity contribution is 5.88. The molecular weight excluding hydrogens is 328 g/mol. The molecule has 2 amide bonds. The van der Waals surface area contributed by atoms with Crippen molar-refractivity contribution in [2.45, 2.75) is 19.1 Å². The topological polar surface area (TPSA) is 81.4 Å². The zero-order chi connectivity index (χ0) is 18.4. The average Bonchev–Trinajstić information content (AvgIpc) is 2.67. The van der Waals surface area contributed by atoms with Crippen molar-refractivity contribution in [3.8, 4) is 0 Å². The van der Waals surface area contributed by atoms with E-state index in [0.29, 0.717) is 6.42 Å². The van der Waals surface area contributed by atoms with Crippen LogP contribution in [0, 0.1) is 0 Å². The van der Waals surface area contributed by atoms with Crippen molar-refractivity contribution >= 4 is 22.8 Å². The molecule has 0 aromatic heterocycles. The predicted molar refractivity (Wildman–Crippen MR) is 100 cm³/mol. The van der Waals surface area contributed by atoms with Gasteiger partial charge in [-0.15, -0.1) is 0 Å². The monoisotopic (exact) mass is 348 g/mol. The maximum Gasteiger partial charge on any atom is 0.408 e. The first-order valence-corrected chi connectivity index (χ1v) is 8.36. The van der Waals surface area contributed by atoms with E-state index < -0.39 is 18.0 Å². The molecule has 0 saturated heterocycles. The number of benzene rings is 3. The lowest BCUT2D eigenvalue weighted by atomic mass is 9.98. The molecule has 0 aliphatic carbocycles. The van der Waals surface area contributed by atoms with E-state index in [9.17, 15) is 9.59 Å². The van der Waals surface area contributed by atoms with Crippen LogP contribution in [0.1, 0.15) is 11.1 Å². The molecule has 3 aromatic rings. The van der Waals surface area contributed by atoms with Gasteiger partial charge in [0.25, 0.3) is 0 Å². The first-order chi connectivity index (χ1) is 12.6. The Labute approximate surface area is 151 Å². The van der Waals surface area contributed by atoms with Gasteiger partial charge >= 0.3 is 6.09 Å². The van der Waals surface area contributed by atoms with Crippen LogP contribution in [0.4, 0.5) is 4.79 Å². The van der Waals surface area contributed by atoms with Gasteiger partial charge in [-0.25, -0.2) is 4.79 Å². The summed E-state index contributed by atoms with van der Waals surface area (Å²) in [6, 6.07) is 22.2. The van der Waals surface area contributed by atoms with Gasteiger partial charge in [0.2, 0.25) is 5.91 Å². The molecule has 1 atom stereocenters. The van der Waals surface area contributed by atoms with Crippen molar-refractivity contribution in [1.82, 2.24) is 5.32 Å². The van der Waals surface area contributed by atoms with E-state index in [1.54, 1.807) is 0 Å². The van der Waals surface area contributed by atoms with E-state index in [0.717, 1.165) is 21.9 Å². The number of rotatable bonds is 6. The number of hydrogen-bond acceptors (Lipinski definition) is 3. The van der Waals surface area contributed by atoms with Crippen LogP contribution in [0.15, 0.2) is 72.8 Å². The number of ether oxygens (including phenoxy) is 1. The lowest BCUT2D eigenvalue weighted by Gasteiger charge is -2.17. The van der Waals surface area contributed by atoms with E-state index in [1.165, 1.54) is 0 Å². The molecule has 0 heterocycles. The minimum Gasteiger partial charge on any atom is -0.445 e. The molecule has 0 radical (unpaired) electrons. The van der Waals surface area contributed by atoms with Crippen molar-refractivity contribution in [2.75, 3.05) is 0 Å². The minimum atomic E-state index is -0.843. The number of fused-ring (bicyclic) bond motifs is 1. The van der Waals surface area contributed by atoms with Gasteiger partial charge in [-0.1, -0.05) is 72.8 Å². The number of amides is 2. The smallest absolute Gasteiger partial charge is 0.408 e. The molecule has 3 aromatic carbocycles. The van der Waals surface area contributed by atoms with Gasteiger partial charge in [-0.2, -0.15) is 0 Å². The molecule has 5 heteroatoms. The molecule has 0 bridgehead atoms. The lowest BCUT2D eigenvalue weighted by Crippen LogP contribution is -2.46. The molecule has 0 aliphatic heterocycles. The van der Waals surface area contributed by atoms with Gasteiger partial charge in [0.1, 0.15) is 12.6 Å². The Morgan fingerprint density at radius 2 is 1.62 bits per heavy atom. The second-order valence-electron chi connectivity index (χ2n) is 6.00. The summed E-state index contributed by atoms with van der Waals surface area (Å²) in [6.45, 7) is 0.131. The van der Waals surface area contributed by atoms with Crippen LogP contribution in [0.5, 0.6) is 0 Å². The van der Waals surface area contributed by atoms with Gasteiger partial charge in [-0.3, -0.25) is 4.79 Å². The molecule has 0 aliphatic rings. The Morgan fingerprint density at radius 1 is 0.923 bits per heavy atom. The molecule has 0 unspecified atom stereocenters.